The van der Waals surface area contributed by atoms with Crippen LogP contribution >= 0.6 is 15.9 Å². The van der Waals surface area contributed by atoms with Gasteiger partial charge in [0.05, 0.1) is 5.69 Å². The molecule has 0 spiro atoms. The van der Waals surface area contributed by atoms with Crippen molar-refractivity contribution in [3.8, 4) is 0 Å². The summed E-state index contributed by atoms with van der Waals surface area (Å²) in [5.41, 5.74) is 2.34. The van der Waals surface area contributed by atoms with Gasteiger partial charge < -0.3 is 15.5 Å². The summed E-state index contributed by atoms with van der Waals surface area (Å²) in [6.45, 7) is 1.78. The Morgan fingerprint density at radius 2 is 2.20 bits per heavy atom. The molecule has 0 bridgehead atoms. The van der Waals surface area contributed by atoms with E-state index >= 15 is 0 Å². The average Bonchev–Trinajstić information content (AvgIpc) is 2.47. The summed E-state index contributed by atoms with van der Waals surface area (Å²) >= 11 is 3.65. The van der Waals surface area contributed by atoms with Crippen LogP contribution in [0.4, 0.5) is 5.69 Å². The molecule has 4 nitrogen and oxygen atoms in total. The fourth-order valence-electron chi connectivity index (χ4n) is 2.76. The van der Waals surface area contributed by atoms with Crippen molar-refractivity contribution < 1.29 is 4.79 Å². The molecule has 1 saturated heterocycles. The van der Waals surface area contributed by atoms with Crippen molar-refractivity contribution >= 4 is 27.5 Å². The Kier molecular flexibility index (Phi) is 5.43. The van der Waals surface area contributed by atoms with Crippen LogP contribution in [0.1, 0.15) is 24.8 Å². The van der Waals surface area contributed by atoms with Crippen LogP contribution in [0.3, 0.4) is 0 Å². The van der Waals surface area contributed by atoms with Crippen molar-refractivity contribution in [2.24, 2.45) is 0 Å². The number of halogens is 1. The van der Waals surface area contributed by atoms with Gasteiger partial charge >= 0.3 is 0 Å². The summed E-state index contributed by atoms with van der Waals surface area (Å²) in [6, 6.07) is 6.30. The third kappa shape index (κ3) is 3.33. The Hall–Kier alpha value is -1.07. The molecule has 0 aromatic heterocycles. The van der Waals surface area contributed by atoms with Crippen LogP contribution in [0.5, 0.6) is 0 Å². The molecule has 20 heavy (non-hydrogen) atoms. The second-order valence-corrected chi connectivity index (χ2v) is 5.99. The van der Waals surface area contributed by atoms with Gasteiger partial charge in [0.2, 0.25) is 5.91 Å². The molecular weight excluding hydrogens is 318 g/mol. The predicted molar refractivity (Wildman–Crippen MR) is 86.0 cm³/mol. The first-order valence-corrected chi connectivity index (χ1v) is 7.88. The third-order valence-electron chi connectivity index (χ3n) is 3.75. The van der Waals surface area contributed by atoms with Crippen molar-refractivity contribution in [3.05, 3.63) is 28.2 Å². The van der Waals surface area contributed by atoms with E-state index in [0.717, 1.165) is 42.5 Å². The van der Waals surface area contributed by atoms with Crippen molar-refractivity contribution in [2.75, 3.05) is 25.5 Å². The van der Waals surface area contributed by atoms with Crippen LogP contribution < -0.4 is 15.5 Å². The summed E-state index contributed by atoms with van der Waals surface area (Å²) < 4.78 is 1.06. The monoisotopic (exact) mass is 339 g/mol. The molecule has 2 N–H and O–H groups in total. The van der Waals surface area contributed by atoms with E-state index in [2.05, 4.69) is 49.7 Å². The molecule has 1 unspecified atom stereocenters. The second-order valence-electron chi connectivity index (χ2n) is 5.14. The molecular formula is C15H22BrN3O. The van der Waals surface area contributed by atoms with Gasteiger partial charge in [-0.05, 0) is 59.9 Å². The number of benzene rings is 1. The normalized spacial score (nSPS) is 18.9. The molecule has 1 aromatic rings. The van der Waals surface area contributed by atoms with Crippen LogP contribution in [-0.4, -0.2) is 32.6 Å². The average molecular weight is 340 g/mol. The first kappa shape index (κ1) is 15.3. The highest BCUT2D eigenvalue weighted by molar-refractivity contribution is 9.10. The highest BCUT2D eigenvalue weighted by atomic mass is 79.9. The number of piperidine rings is 1. The van der Waals surface area contributed by atoms with Gasteiger partial charge in [-0.3, -0.25) is 4.79 Å². The van der Waals surface area contributed by atoms with Crippen molar-refractivity contribution in [1.82, 2.24) is 10.6 Å². The number of hydrogen-bond donors (Lipinski definition) is 2. The number of carbonyl (C=O) groups excluding carboxylic acids is 1. The van der Waals surface area contributed by atoms with Gasteiger partial charge in [-0.1, -0.05) is 6.07 Å². The van der Waals surface area contributed by atoms with Crippen molar-refractivity contribution in [3.63, 3.8) is 0 Å². The van der Waals surface area contributed by atoms with Gasteiger partial charge in [0, 0.05) is 24.6 Å². The molecule has 1 amide bonds. The Morgan fingerprint density at radius 3 is 2.85 bits per heavy atom. The maximum atomic E-state index is 12.1. The maximum Gasteiger partial charge on any atom is 0.242 e. The largest absolute Gasteiger partial charge is 0.359 e. The first-order valence-electron chi connectivity index (χ1n) is 7.08. The molecule has 1 atom stereocenters. The molecule has 0 saturated carbocycles. The minimum atomic E-state index is -0.0554. The van der Waals surface area contributed by atoms with Gasteiger partial charge in [0.25, 0.3) is 0 Å². The smallest absolute Gasteiger partial charge is 0.242 e. The maximum absolute atomic E-state index is 12.1. The summed E-state index contributed by atoms with van der Waals surface area (Å²) in [5, 5.41) is 5.93. The van der Waals surface area contributed by atoms with E-state index < -0.39 is 0 Å². The number of likely N-dealkylation sites (N-methyl/N-ethyl adjacent to an activating group) is 1. The molecule has 1 aromatic carbocycles. The van der Waals surface area contributed by atoms with E-state index in [1.807, 2.05) is 7.05 Å². The standard InChI is InChI=1S/C15H22BrN3O/c1-17-10-11-6-7-13(12(16)9-11)19-8-4-3-5-14(19)15(20)18-2/h6-7,9,14,17H,3-5,8,10H2,1-2H3,(H,18,20). The minimum absolute atomic E-state index is 0.0554. The zero-order chi connectivity index (χ0) is 14.5. The predicted octanol–water partition coefficient (Wildman–Crippen LogP) is 2.27. The van der Waals surface area contributed by atoms with E-state index in [1.165, 1.54) is 5.56 Å². The van der Waals surface area contributed by atoms with E-state index in [0.29, 0.717) is 0 Å². The molecule has 1 aliphatic rings. The lowest BCUT2D eigenvalue weighted by atomic mass is 10.00. The number of nitrogens with one attached hydrogen (secondary N) is 2. The van der Waals surface area contributed by atoms with Gasteiger partial charge in [0.15, 0.2) is 0 Å². The summed E-state index contributed by atoms with van der Waals surface area (Å²) in [6.07, 6.45) is 3.17. The lowest BCUT2D eigenvalue weighted by Gasteiger charge is -2.37. The number of carbonyl (C=O) groups is 1. The van der Waals surface area contributed by atoms with Crippen LogP contribution in [0.2, 0.25) is 0 Å². The SMILES string of the molecule is CNCc1ccc(N2CCCCC2C(=O)NC)c(Br)c1. The number of anilines is 1. The van der Waals surface area contributed by atoms with Gasteiger partial charge in [-0.15, -0.1) is 0 Å². The van der Waals surface area contributed by atoms with Crippen molar-refractivity contribution in [2.45, 2.75) is 31.8 Å². The van der Waals surface area contributed by atoms with Crippen molar-refractivity contribution in [1.29, 1.82) is 0 Å². The highest BCUT2D eigenvalue weighted by Crippen LogP contribution is 2.32. The zero-order valence-corrected chi connectivity index (χ0v) is 13.7. The lowest BCUT2D eigenvalue weighted by molar-refractivity contribution is -0.122. The zero-order valence-electron chi connectivity index (χ0n) is 12.1. The topological polar surface area (TPSA) is 44.4 Å². The molecule has 1 fully saturated rings. The second kappa shape index (κ2) is 7.09. The summed E-state index contributed by atoms with van der Waals surface area (Å²) in [5.74, 6) is 0.107. The Labute approximate surface area is 129 Å². The number of rotatable bonds is 4. The van der Waals surface area contributed by atoms with Gasteiger partial charge in [-0.2, -0.15) is 0 Å². The van der Waals surface area contributed by atoms with E-state index in [-0.39, 0.29) is 11.9 Å². The highest BCUT2D eigenvalue weighted by Gasteiger charge is 2.29. The Morgan fingerprint density at radius 1 is 1.40 bits per heavy atom. The molecule has 2 rings (SSSR count). The van der Waals surface area contributed by atoms with Gasteiger partial charge in [-0.25, -0.2) is 0 Å². The molecule has 110 valence electrons. The third-order valence-corrected chi connectivity index (χ3v) is 4.39. The Bertz CT molecular complexity index is 478. The van der Waals surface area contributed by atoms with E-state index in [1.54, 1.807) is 7.05 Å². The first-order chi connectivity index (χ1) is 9.67. The fraction of sp³-hybridized carbons (Fsp3) is 0.533. The van der Waals surface area contributed by atoms with Crippen LogP contribution in [0, 0.1) is 0 Å². The number of hydrogen-bond acceptors (Lipinski definition) is 3. The summed E-state index contributed by atoms with van der Waals surface area (Å²) in [7, 11) is 3.65. The lowest BCUT2D eigenvalue weighted by Crippen LogP contribution is -2.49. The van der Waals surface area contributed by atoms with E-state index in [4.69, 9.17) is 0 Å². The molecule has 1 heterocycles. The molecule has 0 aliphatic carbocycles. The molecule has 5 heteroatoms. The number of amides is 1. The van der Waals surface area contributed by atoms with Crippen LogP contribution in [0.25, 0.3) is 0 Å². The fourth-order valence-corrected chi connectivity index (χ4v) is 3.41. The van der Waals surface area contributed by atoms with Gasteiger partial charge in [0.1, 0.15) is 6.04 Å². The van der Waals surface area contributed by atoms with Crippen LogP contribution in [-0.2, 0) is 11.3 Å². The van der Waals surface area contributed by atoms with E-state index in [9.17, 15) is 4.79 Å². The summed E-state index contributed by atoms with van der Waals surface area (Å²) in [4.78, 5) is 14.3. The molecule has 0 radical (unpaired) electrons. The molecule has 1 aliphatic heterocycles. The quantitative estimate of drug-likeness (QED) is 0.884. The minimum Gasteiger partial charge on any atom is -0.359 e. The Balaban J connectivity index is 2.25. The van der Waals surface area contributed by atoms with Crippen LogP contribution in [0.15, 0.2) is 22.7 Å². The number of nitrogens with zero attached hydrogens (tertiary/aromatic N) is 1.